The van der Waals surface area contributed by atoms with E-state index in [1.54, 1.807) is 24.3 Å². The Bertz CT molecular complexity index is 210. The summed E-state index contributed by atoms with van der Waals surface area (Å²) in [5.41, 5.74) is 4.43. The molecule has 1 rings (SSSR count). The van der Waals surface area contributed by atoms with Gasteiger partial charge in [-0.1, -0.05) is 24.8 Å². The molecule has 0 aromatic rings. The summed E-state index contributed by atoms with van der Waals surface area (Å²) >= 11 is 0. The average Bonchev–Trinajstić information content (AvgIpc) is 1.96. The second-order valence-corrected chi connectivity index (χ2v) is 2.44. The fourth-order valence-electron chi connectivity index (χ4n) is 0.952. The van der Waals surface area contributed by atoms with Crippen molar-refractivity contribution in [2.75, 3.05) is 0 Å². The second-order valence-electron chi connectivity index (χ2n) is 2.44. The summed E-state index contributed by atoms with van der Waals surface area (Å²) in [5.74, 6) is 0. The van der Waals surface area contributed by atoms with Gasteiger partial charge in [-0.05, 0) is 12.3 Å². The van der Waals surface area contributed by atoms with E-state index in [0.29, 0.717) is 0 Å². The summed E-state index contributed by atoms with van der Waals surface area (Å²) in [6.07, 6.45) is 8.27. The van der Waals surface area contributed by atoms with Crippen LogP contribution in [0.15, 0.2) is 37.1 Å². The minimum absolute atomic E-state index is 0.425. The Labute approximate surface area is 65.9 Å². The summed E-state index contributed by atoms with van der Waals surface area (Å²) in [5, 5.41) is 12.4. The van der Waals surface area contributed by atoms with Gasteiger partial charge in [0, 0.05) is 0 Å². The van der Waals surface area contributed by atoms with Crippen molar-refractivity contribution in [3.05, 3.63) is 37.1 Å². The Hall–Kier alpha value is -1.06. The van der Waals surface area contributed by atoms with Gasteiger partial charge in [0.15, 0.2) is 5.72 Å². The standard InChI is InChI=1S/C8H12N2O/c1-2-10-8(11)6-4-3-5-7(8)9/h2-7,10-11H,1,9H2. The fourth-order valence-corrected chi connectivity index (χ4v) is 0.952. The molecule has 0 spiro atoms. The van der Waals surface area contributed by atoms with Crippen LogP contribution in [-0.4, -0.2) is 16.9 Å². The van der Waals surface area contributed by atoms with Crippen LogP contribution in [0.5, 0.6) is 0 Å². The number of hydrogen-bond donors (Lipinski definition) is 3. The van der Waals surface area contributed by atoms with Crippen molar-refractivity contribution in [3.63, 3.8) is 0 Å². The molecule has 11 heavy (non-hydrogen) atoms. The molecule has 0 aliphatic heterocycles. The van der Waals surface area contributed by atoms with Gasteiger partial charge in [-0.2, -0.15) is 0 Å². The van der Waals surface area contributed by atoms with Crippen molar-refractivity contribution in [1.29, 1.82) is 0 Å². The number of rotatable bonds is 2. The van der Waals surface area contributed by atoms with E-state index in [-0.39, 0.29) is 0 Å². The maximum absolute atomic E-state index is 9.69. The fraction of sp³-hybridized carbons (Fsp3) is 0.250. The molecule has 4 N–H and O–H groups in total. The Morgan fingerprint density at radius 3 is 2.91 bits per heavy atom. The molecule has 0 aromatic heterocycles. The van der Waals surface area contributed by atoms with Gasteiger partial charge in [-0.3, -0.25) is 0 Å². The molecule has 0 heterocycles. The number of hydrogen-bond acceptors (Lipinski definition) is 3. The maximum atomic E-state index is 9.69. The molecule has 0 saturated carbocycles. The predicted molar refractivity (Wildman–Crippen MR) is 44.5 cm³/mol. The summed E-state index contributed by atoms with van der Waals surface area (Å²) in [7, 11) is 0. The number of nitrogens with one attached hydrogen (secondary N) is 1. The number of allylic oxidation sites excluding steroid dienone is 2. The molecular weight excluding hydrogens is 140 g/mol. The average molecular weight is 152 g/mol. The molecule has 3 heteroatoms. The number of aliphatic hydroxyl groups is 1. The molecule has 0 saturated heterocycles. The SMILES string of the molecule is C=CNC1(O)C=CC=CC1N. The molecule has 0 bridgehead atoms. The van der Waals surface area contributed by atoms with Gasteiger partial charge in [-0.25, -0.2) is 0 Å². The summed E-state index contributed by atoms with van der Waals surface area (Å²) in [4.78, 5) is 0. The number of nitrogens with two attached hydrogens (primary N) is 1. The Morgan fingerprint density at radius 1 is 1.64 bits per heavy atom. The van der Waals surface area contributed by atoms with Crippen LogP contribution in [0.25, 0.3) is 0 Å². The molecule has 0 fully saturated rings. The van der Waals surface area contributed by atoms with Gasteiger partial charge in [0.2, 0.25) is 0 Å². The molecule has 0 aromatic carbocycles. The first-order valence-corrected chi connectivity index (χ1v) is 3.41. The molecule has 2 unspecified atom stereocenters. The quantitative estimate of drug-likeness (QED) is 0.483. The highest BCUT2D eigenvalue weighted by Crippen LogP contribution is 2.12. The van der Waals surface area contributed by atoms with Crippen LogP contribution in [0.4, 0.5) is 0 Å². The molecule has 3 nitrogen and oxygen atoms in total. The zero-order valence-electron chi connectivity index (χ0n) is 6.20. The van der Waals surface area contributed by atoms with Crippen LogP contribution in [0.2, 0.25) is 0 Å². The van der Waals surface area contributed by atoms with Crippen LogP contribution >= 0.6 is 0 Å². The zero-order valence-corrected chi connectivity index (χ0v) is 6.20. The van der Waals surface area contributed by atoms with Gasteiger partial charge in [0.25, 0.3) is 0 Å². The lowest BCUT2D eigenvalue weighted by Crippen LogP contribution is -2.54. The van der Waals surface area contributed by atoms with Gasteiger partial charge in [-0.15, -0.1) is 0 Å². The molecule has 0 radical (unpaired) electrons. The molecule has 1 aliphatic carbocycles. The lowest BCUT2D eigenvalue weighted by atomic mass is 10.00. The Balaban J connectivity index is 2.76. The largest absolute Gasteiger partial charge is 0.366 e. The molecule has 60 valence electrons. The van der Waals surface area contributed by atoms with E-state index in [9.17, 15) is 5.11 Å². The van der Waals surface area contributed by atoms with Crippen LogP contribution in [0.3, 0.4) is 0 Å². The van der Waals surface area contributed by atoms with E-state index >= 15 is 0 Å². The summed E-state index contributed by atoms with van der Waals surface area (Å²) in [6, 6.07) is -0.425. The first-order valence-electron chi connectivity index (χ1n) is 3.41. The second kappa shape index (κ2) is 2.90. The van der Waals surface area contributed by atoms with E-state index in [2.05, 4.69) is 11.9 Å². The smallest absolute Gasteiger partial charge is 0.173 e. The predicted octanol–water partition coefficient (Wildman–Crippen LogP) is -0.139. The minimum Gasteiger partial charge on any atom is -0.366 e. The van der Waals surface area contributed by atoms with Crippen molar-refractivity contribution in [3.8, 4) is 0 Å². The van der Waals surface area contributed by atoms with Gasteiger partial charge >= 0.3 is 0 Å². The molecule has 1 aliphatic rings. The third-order valence-corrected chi connectivity index (χ3v) is 1.62. The minimum atomic E-state index is -1.17. The van der Waals surface area contributed by atoms with Gasteiger partial charge < -0.3 is 16.2 Å². The van der Waals surface area contributed by atoms with Crippen LogP contribution in [0, 0.1) is 0 Å². The van der Waals surface area contributed by atoms with Gasteiger partial charge in [0.1, 0.15) is 0 Å². The molecule has 0 amide bonds. The van der Waals surface area contributed by atoms with Crippen molar-refractivity contribution in [2.24, 2.45) is 5.73 Å². The van der Waals surface area contributed by atoms with Gasteiger partial charge in [0.05, 0.1) is 6.04 Å². The highest BCUT2D eigenvalue weighted by atomic mass is 16.3. The topological polar surface area (TPSA) is 58.3 Å². The van der Waals surface area contributed by atoms with Crippen LogP contribution in [0.1, 0.15) is 0 Å². The molecule has 2 atom stereocenters. The third-order valence-electron chi connectivity index (χ3n) is 1.62. The van der Waals surface area contributed by atoms with Crippen molar-refractivity contribution in [2.45, 2.75) is 11.8 Å². The summed E-state index contributed by atoms with van der Waals surface area (Å²) in [6.45, 7) is 3.45. The van der Waals surface area contributed by atoms with E-state index in [1.165, 1.54) is 6.20 Å². The van der Waals surface area contributed by atoms with Crippen LogP contribution in [-0.2, 0) is 0 Å². The third kappa shape index (κ3) is 1.50. The Morgan fingerprint density at radius 2 is 2.36 bits per heavy atom. The van der Waals surface area contributed by atoms with E-state index in [4.69, 9.17) is 5.73 Å². The summed E-state index contributed by atoms with van der Waals surface area (Å²) < 4.78 is 0. The van der Waals surface area contributed by atoms with Crippen molar-refractivity contribution in [1.82, 2.24) is 5.32 Å². The Kier molecular flexibility index (Phi) is 2.12. The highest BCUT2D eigenvalue weighted by Gasteiger charge is 2.29. The van der Waals surface area contributed by atoms with E-state index < -0.39 is 11.8 Å². The maximum Gasteiger partial charge on any atom is 0.173 e. The lowest BCUT2D eigenvalue weighted by Gasteiger charge is -2.30. The first kappa shape index (κ1) is 8.04. The van der Waals surface area contributed by atoms with Crippen molar-refractivity contribution < 1.29 is 5.11 Å². The van der Waals surface area contributed by atoms with E-state index in [1.807, 2.05) is 0 Å². The molecular formula is C8H12N2O. The monoisotopic (exact) mass is 152 g/mol. The zero-order chi connectivity index (χ0) is 8.32. The lowest BCUT2D eigenvalue weighted by molar-refractivity contribution is 0.0550. The van der Waals surface area contributed by atoms with Crippen LogP contribution < -0.4 is 11.1 Å². The van der Waals surface area contributed by atoms with E-state index in [0.717, 1.165) is 0 Å². The van der Waals surface area contributed by atoms with Crippen molar-refractivity contribution >= 4 is 0 Å². The first-order chi connectivity index (χ1) is 5.19. The highest BCUT2D eigenvalue weighted by molar-refractivity contribution is 5.23. The normalized spacial score (nSPS) is 35.3.